The van der Waals surface area contributed by atoms with Gasteiger partial charge in [-0.1, -0.05) is 18.2 Å². The summed E-state index contributed by atoms with van der Waals surface area (Å²) in [5.74, 6) is 1.92. The monoisotopic (exact) mass is 327 g/mol. The molecule has 24 heavy (non-hydrogen) atoms. The number of rotatable bonds is 4. The number of aliphatic hydroxyl groups excluding tert-OH is 1. The molecule has 2 aromatic rings. The molecule has 1 heterocycles. The molecule has 0 saturated carbocycles. The number of benzene rings is 2. The molecule has 124 valence electrons. The number of ether oxygens (including phenoxy) is 4. The average molecular weight is 327 g/mol. The first kappa shape index (κ1) is 16.0. The second-order valence-electron chi connectivity index (χ2n) is 5.22. The summed E-state index contributed by atoms with van der Waals surface area (Å²) in [4.78, 5) is 0. The van der Waals surface area contributed by atoms with Crippen molar-refractivity contribution < 1.29 is 24.1 Å². The maximum absolute atomic E-state index is 10.1. The fourth-order valence-electron chi connectivity index (χ4n) is 2.96. The maximum Gasteiger partial charge on any atom is 0.203 e. The Kier molecular flexibility index (Phi) is 4.19. The molecular formula is C18H17NO5. The number of para-hydroxylation sites is 1. The number of nitriles is 1. The van der Waals surface area contributed by atoms with Crippen molar-refractivity contribution >= 4 is 0 Å². The van der Waals surface area contributed by atoms with Crippen molar-refractivity contribution in [2.45, 2.75) is 12.2 Å². The zero-order chi connectivity index (χ0) is 17.3. The molecule has 0 fully saturated rings. The second kappa shape index (κ2) is 6.30. The van der Waals surface area contributed by atoms with E-state index in [1.807, 2.05) is 24.3 Å². The Balaban J connectivity index is 2.37. The van der Waals surface area contributed by atoms with Crippen LogP contribution in [0.4, 0.5) is 0 Å². The van der Waals surface area contributed by atoms with Crippen LogP contribution in [0.15, 0.2) is 30.3 Å². The van der Waals surface area contributed by atoms with Gasteiger partial charge in [0.25, 0.3) is 0 Å². The molecule has 1 aliphatic heterocycles. The van der Waals surface area contributed by atoms with Gasteiger partial charge in [0, 0.05) is 16.7 Å². The summed E-state index contributed by atoms with van der Waals surface area (Å²) in [6.45, 7) is 0. The van der Waals surface area contributed by atoms with Crippen LogP contribution in [0.5, 0.6) is 23.0 Å². The molecule has 2 unspecified atom stereocenters. The van der Waals surface area contributed by atoms with E-state index in [4.69, 9.17) is 24.2 Å². The van der Waals surface area contributed by atoms with Gasteiger partial charge < -0.3 is 24.1 Å². The van der Waals surface area contributed by atoms with E-state index in [9.17, 15) is 5.11 Å². The summed E-state index contributed by atoms with van der Waals surface area (Å²) in [7, 11) is 4.57. The molecule has 6 nitrogen and oxygen atoms in total. The van der Waals surface area contributed by atoms with Crippen molar-refractivity contribution in [3.63, 3.8) is 0 Å². The molecule has 2 atom stereocenters. The van der Waals surface area contributed by atoms with Gasteiger partial charge in [0.15, 0.2) is 23.7 Å². The van der Waals surface area contributed by atoms with Crippen molar-refractivity contribution in [1.29, 1.82) is 5.26 Å². The summed E-state index contributed by atoms with van der Waals surface area (Å²) < 4.78 is 22.2. The predicted molar refractivity (Wildman–Crippen MR) is 86.5 cm³/mol. The van der Waals surface area contributed by atoms with Gasteiger partial charge in [0.2, 0.25) is 5.75 Å². The van der Waals surface area contributed by atoms with Crippen LogP contribution in [0, 0.1) is 11.3 Å². The molecule has 0 spiro atoms. The topological polar surface area (TPSA) is 80.9 Å². The highest BCUT2D eigenvalue weighted by molar-refractivity contribution is 5.85. The first-order chi connectivity index (χ1) is 11.7. The highest BCUT2D eigenvalue weighted by Crippen LogP contribution is 2.53. The van der Waals surface area contributed by atoms with Crippen LogP contribution in [-0.2, 0) is 0 Å². The van der Waals surface area contributed by atoms with Crippen molar-refractivity contribution in [2.75, 3.05) is 21.3 Å². The van der Waals surface area contributed by atoms with E-state index >= 15 is 0 Å². The third-order valence-corrected chi connectivity index (χ3v) is 4.00. The number of aliphatic hydroxyl groups is 1. The minimum Gasteiger partial charge on any atom is -0.493 e. The van der Waals surface area contributed by atoms with Crippen LogP contribution in [-0.4, -0.2) is 32.5 Å². The van der Waals surface area contributed by atoms with E-state index in [1.165, 1.54) is 21.3 Å². The molecule has 1 aliphatic rings. The molecule has 2 aromatic carbocycles. The van der Waals surface area contributed by atoms with Gasteiger partial charge in [-0.05, 0) is 12.1 Å². The fourth-order valence-corrected chi connectivity index (χ4v) is 2.96. The molecule has 1 N–H and O–H groups in total. The Hall–Kier alpha value is -2.91. The van der Waals surface area contributed by atoms with Crippen LogP contribution >= 0.6 is 0 Å². The smallest absolute Gasteiger partial charge is 0.203 e. The van der Waals surface area contributed by atoms with Gasteiger partial charge in [-0.3, -0.25) is 0 Å². The van der Waals surface area contributed by atoms with Gasteiger partial charge in [0.1, 0.15) is 5.75 Å². The number of hydrogen-bond acceptors (Lipinski definition) is 6. The normalized spacial score (nSPS) is 16.0. The van der Waals surface area contributed by atoms with Crippen LogP contribution in [0.2, 0.25) is 0 Å². The zero-order valence-corrected chi connectivity index (χ0v) is 13.6. The largest absolute Gasteiger partial charge is 0.493 e. The second-order valence-corrected chi connectivity index (χ2v) is 5.22. The Labute approximate surface area is 139 Å². The minimum atomic E-state index is -1.33. The van der Waals surface area contributed by atoms with Crippen LogP contribution in [0.3, 0.4) is 0 Å². The Morgan fingerprint density at radius 1 is 1.12 bits per heavy atom. The van der Waals surface area contributed by atoms with E-state index in [1.54, 1.807) is 12.1 Å². The summed E-state index contributed by atoms with van der Waals surface area (Å²) in [5, 5.41) is 19.3. The Morgan fingerprint density at radius 3 is 2.46 bits per heavy atom. The van der Waals surface area contributed by atoms with Gasteiger partial charge >= 0.3 is 0 Å². The minimum absolute atomic E-state index is 0.436. The Bertz CT molecular complexity index is 812. The molecule has 6 heteroatoms. The standard InChI is InChI=1S/C18H17NO5/c1-21-14-8-11-15(18(23-3)17(14)22-2)10-6-4-5-7-13(10)24-16(11)12(20)9-19/h4-8,12,16,20H,1-3H3. The highest BCUT2D eigenvalue weighted by atomic mass is 16.5. The first-order valence-corrected chi connectivity index (χ1v) is 7.32. The lowest BCUT2D eigenvalue weighted by molar-refractivity contribution is 0.0692. The first-order valence-electron chi connectivity index (χ1n) is 7.32. The number of fused-ring (bicyclic) bond motifs is 3. The van der Waals surface area contributed by atoms with E-state index in [0.29, 0.717) is 28.6 Å². The molecule has 0 aliphatic carbocycles. The van der Waals surface area contributed by atoms with Crippen molar-refractivity contribution in [3.05, 3.63) is 35.9 Å². The lowest BCUT2D eigenvalue weighted by atomic mass is 9.89. The SMILES string of the molecule is COc1cc2c(c(OC)c1OC)-c1ccccc1OC2C(O)C#N. The Morgan fingerprint density at radius 2 is 1.83 bits per heavy atom. The molecular weight excluding hydrogens is 310 g/mol. The number of nitrogens with zero attached hydrogens (tertiary/aromatic N) is 1. The molecule has 3 rings (SSSR count). The van der Waals surface area contributed by atoms with E-state index in [2.05, 4.69) is 0 Å². The summed E-state index contributed by atoms with van der Waals surface area (Å²) in [5.41, 5.74) is 2.13. The maximum atomic E-state index is 10.1. The molecule has 0 amide bonds. The van der Waals surface area contributed by atoms with E-state index < -0.39 is 12.2 Å². The predicted octanol–water partition coefficient (Wildman–Crippen LogP) is 2.70. The summed E-state index contributed by atoms with van der Waals surface area (Å²) in [6.07, 6.45) is -2.19. The summed E-state index contributed by atoms with van der Waals surface area (Å²) in [6, 6.07) is 10.9. The van der Waals surface area contributed by atoms with Gasteiger partial charge in [-0.25, -0.2) is 0 Å². The molecule has 0 bridgehead atoms. The third-order valence-electron chi connectivity index (χ3n) is 4.00. The van der Waals surface area contributed by atoms with Crippen molar-refractivity contribution in [2.24, 2.45) is 0 Å². The lowest BCUT2D eigenvalue weighted by Gasteiger charge is -2.31. The molecule has 0 radical (unpaired) electrons. The molecule has 0 saturated heterocycles. The van der Waals surface area contributed by atoms with Gasteiger partial charge in [-0.15, -0.1) is 0 Å². The molecule has 0 aromatic heterocycles. The number of hydrogen-bond donors (Lipinski definition) is 1. The van der Waals surface area contributed by atoms with Crippen molar-refractivity contribution in [1.82, 2.24) is 0 Å². The third kappa shape index (κ3) is 2.30. The quantitative estimate of drug-likeness (QED) is 0.870. The fraction of sp³-hybridized carbons (Fsp3) is 0.278. The lowest BCUT2D eigenvalue weighted by Crippen LogP contribution is -2.26. The van der Waals surface area contributed by atoms with E-state index in [-0.39, 0.29) is 0 Å². The zero-order valence-electron chi connectivity index (χ0n) is 13.6. The van der Waals surface area contributed by atoms with Crippen molar-refractivity contribution in [3.8, 4) is 40.2 Å². The summed E-state index contributed by atoms with van der Waals surface area (Å²) >= 11 is 0. The number of methoxy groups -OCH3 is 3. The van der Waals surface area contributed by atoms with Crippen LogP contribution < -0.4 is 18.9 Å². The van der Waals surface area contributed by atoms with Gasteiger partial charge in [-0.2, -0.15) is 5.26 Å². The highest BCUT2D eigenvalue weighted by Gasteiger charge is 2.36. The van der Waals surface area contributed by atoms with Crippen LogP contribution in [0.25, 0.3) is 11.1 Å². The average Bonchev–Trinajstić information content (AvgIpc) is 2.64. The van der Waals surface area contributed by atoms with E-state index in [0.717, 1.165) is 11.1 Å². The van der Waals surface area contributed by atoms with Gasteiger partial charge in [0.05, 0.1) is 27.4 Å². The van der Waals surface area contributed by atoms with Crippen LogP contribution in [0.1, 0.15) is 11.7 Å².